The summed E-state index contributed by atoms with van der Waals surface area (Å²) in [6, 6.07) is 1.97. The number of nitrogens with one attached hydrogen (secondary N) is 1. The Balaban J connectivity index is 3.07. The Labute approximate surface area is 103 Å². The molecule has 1 nitrogen and oxygen atoms in total. The molecule has 1 aromatic rings. The predicted octanol–water partition coefficient (Wildman–Crippen LogP) is 4.53. The molecule has 1 N–H and O–H groups in total. The molecule has 1 unspecified atom stereocenters. The van der Waals surface area contributed by atoms with Crippen molar-refractivity contribution in [2.45, 2.75) is 25.6 Å². The van der Waals surface area contributed by atoms with Crippen molar-refractivity contribution in [2.24, 2.45) is 0 Å². The average Bonchev–Trinajstić information content (AvgIpc) is 2.18. The standard InChI is InChI=1S/C10H9BrF5N/c1-5(9(12)13)17-8-3-2-6(11)4-7(8)10(14,15)16/h2-5,9,17H,1H3. The number of alkyl halides is 5. The number of anilines is 1. The summed E-state index contributed by atoms with van der Waals surface area (Å²) < 4.78 is 62.7. The van der Waals surface area contributed by atoms with Gasteiger partial charge < -0.3 is 5.32 Å². The number of hydrogen-bond donors (Lipinski definition) is 1. The summed E-state index contributed by atoms with van der Waals surface area (Å²) >= 11 is 2.91. The molecule has 0 amide bonds. The minimum atomic E-state index is -4.59. The van der Waals surface area contributed by atoms with Crippen LogP contribution in [0.1, 0.15) is 12.5 Å². The average molecular weight is 318 g/mol. The zero-order valence-corrected chi connectivity index (χ0v) is 10.2. The van der Waals surface area contributed by atoms with E-state index in [0.29, 0.717) is 0 Å². The van der Waals surface area contributed by atoms with Gasteiger partial charge in [0.25, 0.3) is 6.43 Å². The van der Waals surface area contributed by atoms with Gasteiger partial charge in [-0.2, -0.15) is 13.2 Å². The van der Waals surface area contributed by atoms with Crippen LogP contribution >= 0.6 is 15.9 Å². The fourth-order valence-corrected chi connectivity index (χ4v) is 1.55. The number of hydrogen-bond acceptors (Lipinski definition) is 1. The maximum atomic E-state index is 12.6. The van der Waals surface area contributed by atoms with Gasteiger partial charge in [0.05, 0.1) is 11.6 Å². The highest BCUT2D eigenvalue weighted by Gasteiger charge is 2.34. The molecule has 0 heterocycles. The first-order valence-corrected chi connectivity index (χ1v) is 5.42. The molecule has 1 rings (SSSR count). The van der Waals surface area contributed by atoms with Crippen LogP contribution in [0.15, 0.2) is 22.7 Å². The van der Waals surface area contributed by atoms with E-state index >= 15 is 0 Å². The van der Waals surface area contributed by atoms with E-state index in [9.17, 15) is 22.0 Å². The van der Waals surface area contributed by atoms with Crippen LogP contribution in [0.3, 0.4) is 0 Å². The second kappa shape index (κ2) is 5.20. The molecule has 0 aliphatic rings. The zero-order chi connectivity index (χ0) is 13.2. The molecule has 0 spiro atoms. The lowest BCUT2D eigenvalue weighted by molar-refractivity contribution is -0.137. The van der Waals surface area contributed by atoms with Gasteiger partial charge >= 0.3 is 6.18 Å². The van der Waals surface area contributed by atoms with Crippen LogP contribution in [-0.4, -0.2) is 12.5 Å². The zero-order valence-electron chi connectivity index (χ0n) is 8.65. The van der Waals surface area contributed by atoms with Crippen LogP contribution in [0.2, 0.25) is 0 Å². The summed E-state index contributed by atoms with van der Waals surface area (Å²) in [5.41, 5.74) is -1.33. The van der Waals surface area contributed by atoms with E-state index in [1.54, 1.807) is 0 Å². The minimum Gasteiger partial charge on any atom is -0.376 e. The first-order chi connectivity index (χ1) is 7.71. The Morgan fingerprint density at radius 3 is 2.29 bits per heavy atom. The molecule has 0 aliphatic heterocycles. The van der Waals surface area contributed by atoms with E-state index in [1.807, 2.05) is 0 Å². The number of benzene rings is 1. The molecular formula is C10H9BrF5N. The van der Waals surface area contributed by atoms with Gasteiger partial charge in [0, 0.05) is 10.2 Å². The van der Waals surface area contributed by atoms with Crippen LogP contribution < -0.4 is 5.32 Å². The Morgan fingerprint density at radius 2 is 1.82 bits per heavy atom. The SMILES string of the molecule is CC(Nc1ccc(Br)cc1C(F)(F)F)C(F)F. The van der Waals surface area contributed by atoms with E-state index in [1.165, 1.54) is 6.07 Å². The third-order valence-corrected chi connectivity index (χ3v) is 2.54. The van der Waals surface area contributed by atoms with E-state index < -0.39 is 24.2 Å². The molecule has 0 saturated carbocycles. The van der Waals surface area contributed by atoms with Crippen LogP contribution in [0.5, 0.6) is 0 Å². The maximum absolute atomic E-state index is 12.6. The second-order valence-electron chi connectivity index (χ2n) is 3.46. The number of rotatable bonds is 3. The summed E-state index contributed by atoms with van der Waals surface area (Å²) in [7, 11) is 0. The molecule has 1 atom stereocenters. The molecule has 0 aromatic heterocycles. The van der Waals surface area contributed by atoms with Crippen molar-refractivity contribution in [1.29, 1.82) is 0 Å². The molecule has 0 fully saturated rings. The van der Waals surface area contributed by atoms with Gasteiger partial charge in [-0.1, -0.05) is 15.9 Å². The third-order valence-electron chi connectivity index (χ3n) is 2.05. The highest BCUT2D eigenvalue weighted by atomic mass is 79.9. The normalized spacial score (nSPS) is 13.9. The molecular weight excluding hydrogens is 309 g/mol. The number of halogens is 6. The molecule has 7 heteroatoms. The lowest BCUT2D eigenvalue weighted by atomic mass is 10.1. The third kappa shape index (κ3) is 3.83. The smallest absolute Gasteiger partial charge is 0.376 e. The molecule has 1 aromatic carbocycles. The van der Waals surface area contributed by atoms with Crippen molar-refractivity contribution in [1.82, 2.24) is 0 Å². The summed E-state index contributed by atoms with van der Waals surface area (Å²) in [6.45, 7) is 1.12. The Hall–Kier alpha value is -0.850. The van der Waals surface area contributed by atoms with E-state index in [2.05, 4.69) is 21.2 Å². The van der Waals surface area contributed by atoms with Gasteiger partial charge in [-0.15, -0.1) is 0 Å². The predicted molar refractivity (Wildman–Crippen MR) is 58.2 cm³/mol. The van der Waals surface area contributed by atoms with Gasteiger partial charge in [-0.3, -0.25) is 0 Å². The quantitative estimate of drug-likeness (QED) is 0.807. The first kappa shape index (κ1) is 14.2. The molecule has 96 valence electrons. The Kier molecular flexibility index (Phi) is 4.35. The molecule has 0 radical (unpaired) electrons. The highest BCUT2D eigenvalue weighted by molar-refractivity contribution is 9.10. The largest absolute Gasteiger partial charge is 0.418 e. The van der Waals surface area contributed by atoms with E-state index in [-0.39, 0.29) is 10.2 Å². The second-order valence-corrected chi connectivity index (χ2v) is 4.37. The molecule has 0 aliphatic carbocycles. The van der Waals surface area contributed by atoms with Crippen molar-refractivity contribution in [3.05, 3.63) is 28.2 Å². The van der Waals surface area contributed by atoms with Crippen LogP contribution in [0, 0.1) is 0 Å². The van der Waals surface area contributed by atoms with Gasteiger partial charge in [0.1, 0.15) is 0 Å². The van der Waals surface area contributed by atoms with Gasteiger partial charge in [0.15, 0.2) is 0 Å². The van der Waals surface area contributed by atoms with Crippen LogP contribution in [0.25, 0.3) is 0 Å². The van der Waals surface area contributed by atoms with Gasteiger partial charge in [0.2, 0.25) is 0 Å². The van der Waals surface area contributed by atoms with Gasteiger partial charge in [-0.05, 0) is 25.1 Å². The fourth-order valence-electron chi connectivity index (χ4n) is 1.19. The van der Waals surface area contributed by atoms with Crippen molar-refractivity contribution in [2.75, 3.05) is 5.32 Å². The Morgan fingerprint density at radius 1 is 1.24 bits per heavy atom. The van der Waals surface area contributed by atoms with Crippen molar-refractivity contribution in [3.8, 4) is 0 Å². The summed E-state index contributed by atoms with van der Waals surface area (Å²) in [4.78, 5) is 0. The first-order valence-electron chi connectivity index (χ1n) is 4.63. The van der Waals surface area contributed by atoms with Crippen LogP contribution in [0.4, 0.5) is 27.6 Å². The van der Waals surface area contributed by atoms with E-state index in [4.69, 9.17) is 0 Å². The summed E-state index contributed by atoms with van der Waals surface area (Å²) in [5.74, 6) is 0. The van der Waals surface area contributed by atoms with Gasteiger partial charge in [-0.25, -0.2) is 8.78 Å². The minimum absolute atomic E-state index is 0.236. The molecule has 0 bridgehead atoms. The monoisotopic (exact) mass is 317 g/mol. The molecule has 0 saturated heterocycles. The van der Waals surface area contributed by atoms with Crippen molar-refractivity contribution in [3.63, 3.8) is 0 Å². The van der Waals surface area contributed by atoms with Crippen LogP contribution in [-0.2, 0) is 6.18 Å². The topological polar surface area (TPSA) is 12.0 Å². The molecule has 17 heavy (non-hydrogen) atoms. The van der Waals surface area contributed by atoms with E-state index in [0.717, 1.165) is 19.1 Å². The summed E-state index contributed by atoms with van der Waals surface area (Å²) in [6.07, 6.45) is -7.33. The lowest BCUT2D eigenvalue weighted by Gasteiger charge is -2.19. The fraction of sp³-hybridized carbons (Fsp3) is 0.400. The lowest BCUT2D eigenvalue weighted by Crippen LogP contribution is -2.25. The summed E-state index contributed by atoms with van der Waals surface area (Å²) in [5, 5.41) is 2.15. The Bertz CT molecular complexity index is 391. The maximum Gasteiger partial charge on any atom is 0.418 e. The van der Waals surface area contributed by atoms with Crippen molar-refractivity contribution >= 4 is 21.6 Å². The van der Waals surface area contributed by atoms with Crippen molar-refractivity contribution < 1.29 is 22.0 Å². The highest BCUT2D eigenvalue weighted by Crippen LogP contribution is 2.37.